The SMILES string of the molecule is C[C@@H](C#CC(O)[C@@H](C)CCOCc1ccc(OCCCC(F)(F)F)cc1)CO. The Labute approximate surface area is 164 Å². The molecule has 0 aliphatic carbocycles. The lowest BCUT2D eigenvalue weighted by molar-refractivity contribution is -0.136. The molecule has 0 heterocycles. The number of alkyl halides is 3. The first-order chi connectivity index (χ1) is 13.2. The third kappa shape index (κ3) is 11.2. The number of hydrogen-bond acceptors (Lipinski definition) is 4. The highest BCUT2D eigenvalue weighted by Crippen LogP contribution is 2.21. The second kappa shape index (κ2) is 12.7. The molecule has 4 nitrogen and oxygen atoms in total. The van der Waals surface area contributed by atoms with E-state index < -0.39 is 18.7 Å². The lowest BCUT2D eigenvalue weighted by Crippen LogP contribution is -2.17. The van der Waals surface area contributed by atoms with Crippen LogP contribution in [0.4, 0.5) is 13.2 Å². The van der Waals surface area contributed by atoms with E-state index in [2.05, 4.69) is 11.8 Å². The Bertz CT molecular complexity index is 605. The van der Waals surface area contributed by atoms with E-state index >= 15 is 0 Å². The van der Waals surface area contributed by atoms with Crippen LogP contribution in [0.3, 0.4) is 0 Å². The van der Waals surface area contributed by atoms with Crippen molar-refractivity contribution in [1.29, 1.82) is 0 Å². The van der Waals surface area contributed by atoms with Crippen LogP contribution in [0.1, 0.15) is 38.7 Å². The molecule has 1 aromatic carbocycles. The van der Waals surface area contributed by atoms with Crippen molar-refractivity contribution in [2.75, 3.05) is 19.8 Å². The van der Waals surface area contributed by atoms with E-state index in [1.165, 1.54) is 0 Å². The van der Waals surface area contributed by atoms with Gasteiger partial charge in [0.25, 0.3) is 0 Å². The molecule has 2 N–H and O–H groups in total. The number of halogens is 3. The predicted molar refractivity (Wildman–Crippen MR) is 101 cm³/mol. The molecule has 28 heavy (non-hydrogen) atoms. The summed E-state index contributed by atoms with van der Waals surface area (Å²) in [5.74, 6) is 5.86. The van der Waals surface area contributed by atoms with Gasteiger partial charge in [0.05, 0.1) is 19.8 Å². The number of rotatable bonds is 11. The Balaban J connectivity index is 2.24. The molecule has 0 amide bonds. The summed E-state index contributed by atoms with van der Waals surface area (Å²) in [7, 11) is 0. The predicted octanol–water partition coefficient (Wildman–Crippen LogP) is 3.94. The van der Waals surface area contributed by atoms with E-state index in [0.29, 0.717) is 25.4 Å². The highest BCUT2D eigenvalue weighted by Gasteiger charge is 2.26. The largest absolute Gasteiger partial charge is 0.494 e. The summed E-state index contributed by atoms with van der Waals surface area (Å²) in [5.41, 5.74) is 0.924. The minimum atomic E-state index is -4.15. The molecule has 0 aliphatic heterocycles. The quantitative estimate of drug-likeness (QED) is 0.435. The molecular weight excluding hydrogens is 373 g/mol. The Hall–Kier alpha value is -1.75. The summed E-state index contributed by atoms with van der Waals surface area (Å²) >= 11 is 0. The van der Waals surface area contributed by atoms with Gasteiger partial charge in [-0.05, 0) is 43.4 Å². The number of aliphatic hydroxyl groups is 2. The van der Waals surface area contributed by atoms with Gasteiger partial charge in [-0.3, -0.25) is 0 Å². The number of ether oxygens (including phenoxy) is 2. The van der Waals surface area contributed by atoms with Gasteiger partial charge >= 0.3 is 6.18 Å². The van der Waals surface area contributed by atoms with Gasteiger partial charge in [-0.15, -0.1) is 0 Å². The summed E-state index contributed by atoms with van der Waals surface area (Å²) in [6.45, 7) is 4.52. The number of benzene rings is 1. The fourth-order valence-corrected chi connectivity index (χ4v) is 2.18. The van der Waals surface area contributed by atoms with Crippen LogP contribution in [-0.2, 0) is 11.3 Å². The summed E-state index contributed by atoms with van der Waals surface area (Å²) < 4.78 is 47.1. The van der Waals surface area contributed by atoms with Crippen molar-refractivity contribution in [1.82, 2.24) is 0 Å². The molecule has 1 aromatic rings. The first kappa shape index (κ1) is 24.3. The summed E-state index contributed by atoms with van der Waals surface area (Å²) in [5, 5.41) is 18.9. The normalized spacial score (nSPS) is 14.7. The van der Waals surface area contributed by atoms with Gasteiger partial charge < -0.3 is 19.7 Å². The fourth-order valence-electron chi connectivity index (χ4n) is 2.18. The average Bonchev–Trinajstić information content (AvgIpc) is 2.66. The third-order valence-corrected chi connectivity index (χ3v) is 4.07. The molecule has 0 aliphatic rings. The second-order valence-corrected chi connectivity index (χ2v) is 6.85. The zero-order valence-corrected chi connectivity index (χ0v) is 16.3. The van der Waals surface area contributed by atoms with E-state index in [1.807, 2.05) is 6.92 Å². The molecule has 3 atom stereocenters. The standard InChI is InChI=1S/C21H29F3O4/c1-16(14-25)4-9-20(26)17(2)10-13-27-15-18-5-7-19(8-6-18)28-12-3-11-21(22,23)24/h5-8,16-17,20,25-26H,3,10-15H2,1-2H3/t16-,17-,20?/m0/s1. The van der Waals surface area contributed by atoms with Crippen LogP contribution in [0, 0.1) is 23.7 Å². The van der Waals surface area contributed by atoms with Crippen molar-refractivity contribution in [3.63, 3.8) is 0 Å². The molecule has 158 valence electrons. The maximum atomic E-state index is 12.1. The number of aliphatic hydroxyl groups excluding tert-OH is 2. The molecule has 0 fully saturated rings. The first-order valence-electron chi connectivity index (χ1n) is 9.37. The minimum Gasteiger partial charge on any atom is -0.494 e. The molecule has 0 saturated heterocycles. The fraction of sp³-hybridized carbons (Fsp3) is 0.619. The second-order valence-electron chi connectivity index (χ2n) is 6.85. The van der Waals surface area contributed by atoms with Gasteiger partial charge in [-0.2, -0.15) is 13.2 Å². The molecule has 0 spiro atoms. The lowest BCUT2D eigenvalue weighted by Gasteiger charge is -2.14. The Morgan fingerprint density at radius 3 is 2.36 bits per heavy atom. The highest BCUT2D eigenvalue weighted by atomic mass is 19.4. The molecule has 1 unspecified atom stereocenters. The molecule has 0 bridgehead atoms. The maximum Gasteiger partial charge on any atom is 0.389 e. The van der Waals surface area contributed by atoms with E-state index in [9.17, 15) is 18.3 Å². The maximum absolute atomic E-state index is 12.1. The number of hydrogen-bond donors (Lipinski definition) is 2. The molecule has 7 heteroatoms. The Morgan fingerprint density at radius 2 is 1.75 bits per heavy atom. The third-order valence-electron chi connectivity index (χ3n) is 4.07. The van der Waals surface area contributed by atoms with Crippen molar-refractivity contribution >= 4 is 0 Å². The highest BCUT2D eigenvalue weighted by molar-refractivity contribution is 5.26. The topological polar surface area (TPSA) is 58.9 Å². The molecule has 0 radical (unpaired) electrons. The van der Waals surface area contributed by atoms with E-state index in [4.69, 9.17) is 14.6 Å². The van der Waals surface area contributed by atoms with Gasteiger partial charge in [0.15, 0.2) is 0 Å². The van der Waals surface area contributed by atoms with Crippen molar-refractivity contribution in [3.05, 3.63) is 29.8 Å². The summed E-state index contributed by atoms with van der Waals surface area (Å²) in [6, 6.07) is 7.02. The zero-order valence-electron chi connectivity index (χ0n) is 16.3. The van der Waals surface area contributed by atoms with Crippen LogP contribution in [-0.4, -0.2) is 42.3 Å². The molecule has 0 aromatic heterocycles. The monoisotopic (exact) mass is 402 g/mol. The minimum absolute atomic E-state index is 0.0234. The van der Waals surface area contributed by atoms with E-state index in [-0.39, 0.29) is 31.5 Å². The molecular formula is C21H29F3O4. The van der Waals surface area contributed by atoms with Crippen LogP contribution in [0.5, 0.6) is 5.75 Å². The zero-order chi connectivity index (χ0) is 21.0. The first-order valence-corrected chi connectivity index (χ1v) is 9.37. The van der Waals surface area contributed by atoms with Crippen molar-refractivity contribution in [3.8, 4) is 17.6 Å². The van der Waals surface area contributed by atoms with Crippen LogP contribution in [0.15, 0.2) is 24.3 Å². The summed E-state index contributed by atoms with van der Waals surface area (Å²) in [4.78, 5) is 0. The molecule has 1 rings (SSSR count). The van der Waals surface area contributed by atoms with Crippen LogP contribution in [0.2, 0.25) is 0 Å². The smallest absolute Gasteiger partial charge is 0.389 e. The van der Waals surface area contributed by atoms with Crippen LogP contribution in [0.25, 0.3) is 0 Å². The Kier molecular flexibility index (Phi) is 11.0. The average molecular weight is 402 g/mol. The lowest BCUT2D eigenvalue weighted by atomic mass is 10.0. The van der Waals surface area contributed by atoms with Crippen LogP contribution < -0.4 is 4.74 Å². The van der Waals surface area contributed by atoms with Crippen molar-refractivity contribution < 1.29 is 32.9 Å². The van der Waals surface area contributed by atoms with Crippen molar-refractivity contribution in [2.24, 2.45) is 11.8 Å². The van der Waals surface area contributed by atoms with Gasteiger partial charge in [0, 0.05) is 18.9 Å². The van der Waals surface area contributed by atoms with Gasteiger partial charge in [0.2, 0.25) is 0 Å². The van der Waals surface area contributed by atoms with Gasteiger partial charge in [0.1, 0.15) is 11.9 Å². The van der Waals surface area contributed by atoms with Crippen molar-refractivity contribution in [2.45, 2.75) is 52.0 Å². The molecule has 0 saturated carbocycles. The van der Waals surface area contributed by atoms with E-state index in [0.717, 1.165) is 5.56 Å². The summed E-state index contributed by atoms with van der Waals surface area (Å²) in [6.07, 6.45) is -5.18. The van der Waals surface area contributed by atoms with E-state index in [1.54, 1.807) is 31.2 Å². The Morgan fingerprint density at radius 1 is 1.07 bits per heavy atom. The van der Waals surface area contributed by atoms with Gasteiger partial charge in [-0.25, -0.2) is 0 Å². The van der Waals surface area contributed by atoms with Gasteiger partial charge in [-0.1, -0.05) is 30.9 Å². The van der Waals surface area contributed by atoms with Crippen LogP contribution >= 0.6 is 0 Å².